The van der Waals surface area contributed by atoms with Gasteiger partial charge in [-0.2, -0.15) is 0 Å². The van der Waals surface area contributed by atoms with Crippen molar-refractivity contribution in [3.05, 3.63) is 36.0 Å². The summed E-state index contributed by atoms with van der Waals surface area (Å²) in [4.78, 5) is 11.2. The minimum absolute atomic E-state index is 0.00428. The van der Waals surface area contributed by atoms with Gasteiger partial charge in [-0.15, -0.1) is 0 Å². The Morgan fingerprint density at radius 3 is 2.63 bits per heavy atom. The zero-order chi connectivity index (χ0) is 20.0. The average Bonchev–Trinajstić information content (AvgIpc) is 2.90. The topological polar surface area (TPSA) is 57.5 Å². The highest BCUT2D eigenvalue weighted by Gasteiger charge is 2.86. The molecule has 4 fully saturated rings. The number of aldehydes is 1. The zero-order valence-corrected chi connectivity index (χ0v) is 17.4. The summed E-state index contributed by atoms with van der Waals surface area (Å²) in [6, 6.07) is 0. The van der Waals surface area contributed by atoms with Crippen LogP contribution in [0, 0.1) is 34.0 Å². The van der Waals surface area contributed by atoms with E-state index in [1.54, 1.807) is 6.08 Å². The van der Waals surface area contributed by atoms with Gasteiger partial charge in [0.25, 0.3) is 0 Å². The first kappa shape index (κ1) is 20.5. The molecule has 0 saturated heterocycles. The molecule has 4 aliphatic carbocycles. The van der Waals surface area contributed by atoms with Crippen LogP contribution >= 0.6 is 0 Å². The van der Waals surface area contributed by atoms with Gasteiger partial charge in [0.05, 0.1) is 12.7 Å². The van der Waals surface area contributed by atoms with Crippen LogP contribution in [0.1, 0.15) is 59.8 Å². The quantitative estimate of drug-likeness (QED) is 0.435. The molecule has 3 heteroatoms. The van der Waals surface area contributed by atoms with Gasteiger partial charge in [0, 0.05) is 11.3 Å². The first-order valence-electron chi connectivity index (χ1n) is 10.7. The maximum atomic E-state index is 11.2. The summed E-state index contributed by atoms with van der Waals surface area (Å²) in [6.45, 7) is 12.5. The number of fused-ring (bicyclic) bond motifs is 2. The van der Waals surface area contributed by atoms with E-state index in [9.17, 15) is 15.0 Å². The fourth-order valence-electron chi connectivity index (χ4n) is 8.00. The molecule has 0 aromatic rings. The molecule has 150 valence electrons. The molecule has 4 saturated carbocycles. The summed E-state index contributed by atoms with van der Waals surface area (Å²) in [5.41, 5.74) is 2.10. The van der Waals surface area contributed by atoms with E-state index in [-0.39, 0.29) is 40.8 Å². The van der Waals surface area contributed by atoms with Gasteiger partial charge >= 0.3 is 0 Å². The summed E-state index contributed by atoms with van der Waals surface area (Å²) in [5, 5.41) is 20.8. The van der Waals surface area contributed by atoms with E-state index in [0.717, 1.165) is 44.0 Å². The third kappa shape index (κ3) is 2.31. The van der Waals surface area contributed by atoms with E-state index in [1.807, 2.05) is 20.8 Å². The second-order valence-corrected chi connectivity index (χ2v) is 8.99. The largest absolute Gasteiger partial charge is 0.393 e. The van der Waals surface area contributed by atoms with E-state index < -0.39 is 0 Å². The Bertz CT molecular complexity index is 677. The second-order valence-electron chi connectivity index (χ2n) is 8.99. The Balaban J connectivity index is 0.00000102. The minimum Gasteiger partial charge on any atom is -0.393 e. The first-order chi connectivity index (χ1) is 12.9. The van der Waals surface area contributed by atoms with Crippen LogP contribution in [0.5, 0.6) is 0 Å². The SMILES string of the molecule is C=C(CO)C1CCC2C1(C)CC(O)C1C3(/C=C\C)/C(=C\C=O)CCC213.CC. The Kier molecular flexibility index (Phi) is 5.33. The molecule has 3 nitrogen and oxygen atoms in total. The molecule has 4 rings (SSSR count). The fraction of sp³-hybridized carbons (Fsp3) is 0.708. The molecule has 0 aliphatic heterocycles. The number of aliphatic hydroxyl groups is 2. The molecular weight excluding hydrogens is 336 g/mol. The van der Waals surface area contributed by atoms with Gasteiger partial charge in [-0.3, -0.25) is 4.79 Å². The van der Waals surface area contributed by atoms with Crippen LogP contribution in [0.25, 0.3) is 0 Å². The van der Waals surface area contributed by atoms with Crippen LogP contribution in [0.3, 0.4) is 0 Å². The third-order valence-electron chi connectivity index (χ3n) is 8.46. The summed E-state index contributed by atoms with van der Waals surface area (Å²) >= 11 is 0. The number of hydrogen-bond donors (Lipinski definition) is 2. The number of carbonyl (C=O) groups excluding carboxylic acids is 1. The number of rotatable bonds is 4. The summed E-state index contributed by atoms with van der Waals surface area (Å²) in [7, 11) is 0. The van der Waals surface area contributed by atoms with Crippen molar-refractivity contribution in [2.45, 2.75) is 65.9 Å². The van der Waals surface area contributed by atoms with Crippen molar-refractivity contribution < 1.29 is 15.0 Å². The van der Waals surface area contributed by atoms with Gasteiger partial charge in [-0.05, 0) is 73.3 Å². The summed E-state index contributed by atoms with van der Waals surface area (Å²) in [5.74, 6) is 1.06. The molecule has 0 radical (unpaired) electrons. The highest BCUT2D eigenvalue weighted by Crippen LogP contribution is 2.89. The van der Waals surface area contributed by atoms with Crippen LogP contribution in [0.4, 0.5) is 0 Å². The van der Waals surface area contributed by atoms with Crippen molar-refractivity contribution in [1.29, 1.82) is 0 Å². The Morgan fingerprint density at radius 1 is 1.33 bits per heavy atom. The summed E-state index contributed by atoms with van der Waals surface area (Å²) in [6.07, 6.45) is 11.7. The molecule has 7 atom stereocenters. The monoisotopic (exact) mass is 372 g/mol. The predicted molar refractivity (Wildman–Crippen MR) is 109 cm³/mol. The molecule has 2 N–H and O–H groups in total. The molecule has 1 spiro atoms. The zero-order valence-electron chi connectivity index (χ0n) is 17.4. The highest BCUT2D eigenvalue weighted by atomic mass is 16.3. The van der Waals surface area contributed by atoms with Crippen molar-refractivity contribution >= 4 is 6.29 Å². The van der Waals surface area contributed by atoms with Crippen LogP contribution in [-0.4, -0.2) is 29.2 Å². The van der Waals surface area contributed by atoms with Crippen molar-refractivity contribution in [2.75, 3.05) is 6.61 Å². The maximum absolute atomic E-state index is 11.2. The average molecular weight is 373 g/mol. The van der Waals surface area contributed by atoms with E-state index in [2.05, 4.69) is 25.7 Å². The Morgan fingerprint density at radius 2 is 2.04 bits per heavy atom. The standard InChI is InChI=1S/C22H30O3.C2H6/c1-4-9-21-15(8-11-23)7-10-22(21)18-6-5-16(14(2)13-24)20(18,3)12-17(25)19(21)22;1-2/h4,8-9,11,16-19,24-25H,2,5-7,10,12-13H2,1,3H3;1-2H3/b9-4-,15-8-;. The van der Waals surface area contributed by atoms with Gasteiger partial charge in [0.2, 0.25) is 0 Å². The lowest BCUT2D eigenvalue weighted by Gasteiger charge is -2.47. The number of hydrogen-bond acceptors (Lipinski definition) is 3. The van der Waals surface area contributed by atoms with Crippen LogP contribution in [0.15, 0.2) is 36.0 Å². The molecular formula is C24H36O3. The molecule has 0 amide bonds. The first-order valence-corrected chi connectivity index (χ1v) is 10.7. The molecule has 7 unspecified atom stereocenters. The van der Waals surface area contributed by atoms with Crippen molar-refractivity contribution in [1.82, 2.24) is 0 Å². The van der Waals surface area contributed by atoms with Gasteiger partial charge in [-0.25, -0.2) is 0 Å². The van der Waals surface area contributed by atoms with Crippen molar-refractivity contribution in [3.8, 4) is 0 Å². The van der Waals surface area contributed by atoms with Gasteiger partial charge in [0.15, 0.2) is 0 Å². The van der Waals surface area contributed by atoms with E-state index >= 15 is 0 Å². The lowest BCUT2D eigenvalue weighted by Crippen LogP contribution is -2.44. The highest BCUT2D eigenvalue weighted by molar-refractivity contribution is 5.69. The fourth-order valence-corrected chi connectivity index (χ4v) is 8.00. The van der Waals surface area contributed by atoms with Gasteiger partial charge in [-0.1, -0.05) is 45.1 Å². The minimum atomic E-state index is -0.347. The lowest BCUT2D eigenvalue weighted by atomic mass is 9.58. The number of allylic oxidation sites excluding steroid dienone is 4. The van der Waals surface area contributed by atoms with Crippen molar-refractivity contribution in [3.63, 3.8) is 0 Å². The second kappa shape index (κ2) is 7.00. The van der Waals surface area contributed by atoms with Crippen LogP contribution < -0.4 is 0 Å². The molecule has 0 heterocycles. The van der Waals surface area contributed by atoms with Gasteiger partial charge < -0.3 is 10.2 Å². The molecule has 0 bridgehead atoms. The molecule has 4 aliphatic rings. The van der Waals surface area contributed by atoms with Crippen LogP contribution in [-0.2, 0) is 4.79 Å². The summed E-state index contributed by atoms with van der Waals surface area (Å²) < 4.78 is 0. The van der Waals surface area contributed by atoms with Gasteiger partial charge in [0.1, 0.15) is 6.29 Å². The Hall–Kier alpha value is -1.19. The molecule has 27 heavy (non-hydrogen) atoms. The van der Waals surface area contributed by atoms with Crippen LogP contribution in [0.2, 0.25) is 0 Å². The van der Waals surface area contributed by atoms with Crippen molar-refractivity contribution in [2.24, 2.45) is 34.0 Å². The number of aliphatic hydroxyl groups excluding tert-OH is 2. The Labute approximate surface area is 164 Å². The van der Waals surface area contributed by atoms with E-state index in [1.165, 1.54) is 5.57 Å². The van der Waals surface area contributed by atoms with E-state index in [4.69, 9.17) is 0 Å². The third-order valence-corrected chi connectivity index (χ3v) is 8.46. The lowest BCUT2D eigenvalue weighted by molar-refractivity contribution is -0.104. The molecule has 0 aromatic heterocycles. The number of carbonyl (C=O) groups is 1. The normalized spacial score (nSPS) is 48.4. The molecule has 0 aromatic carbocycles. The smallest absolute Gasteiger partial charge is 0.142 e. The predicted octanol–water partition coefficient (Wildman–Crippen LogP) is 4.46. The van der Waals surface area contributed by atoms with E-state index in [0.29, 0.717) is 5.92 Å². The maximum Gasteiger partial charge on any atom is 0.142 e.